The first-order valence-corrected chi connectivity index (χ1v) is 5.28. The molecule has 17 heavy (non-hydrogen) atoms. The maximum Gasteiger partial charge on any atom is 0.337 e. The van der Waals surface area contributed by atoms with Crippen LogP contribution in [0.5, 0.6) is 0 Å². The minimum absolute atomic E-state index is 0.234. The Morgan fingerprint density at radius 3 is 2.71 bits per heavy atom. The third kappa shape index (κ3) is 5.03. The summed E-state index contributed by atoms with van der Waals surface area (Å²) in [6.07, 6.45) is 11.0. The van der Waals surface area contributed by atoms with Crippen LogP contribution < -0.4 is 0 Å². The molecular weight excluding hydrogens is 220 g/mol. The van der Waals surface area contributed by atoms with Crippen LogP contribution in [0.15, 0.2) is 42.9 Å². The molecule has 1 aromatic rings. The van der Waals surface area contributed by atoms with Crippen molar-refractivity contribution in [1.82, 2.24) is 9.88 Å². The fourth-order valence-corrected chi connectivity index (χ4v) is 1.26. The average Bonchev–Trinajstić information content (AvgIpc) is 2.85. The van der Waals surface area contributed by atoms with E-state index in [2.05, 4.69) is 16.0 Å². The van der Waals surface area contributed by atoms with E-state index in [9.17, 15) is 4.79 Å². The summed E-state index contributed by atoms with van der Waals surface area (Å²) in [4.78, 5) is 14.7. The largest absolute Gasteiger partial charge is 0.478 e. The molecule has 0 unspecified atom stereocenters. The van der Waals surface area contributed by atoms with Gasteiger partial charge < -0.3 is 20.1 Å². The van der Waals surface area contributed by atoms with Crippen LogP contribution in [0, 0.1) is 0 Å². The number of carbonyl (C=O) groups is 1. The number of hydrogen-bond donors (Lipinski definition) is 3. The number of carboxylic acid groups (broad SMARTS) is 1. The zero-order chi connectivity index (χ0) is 12.5. The first-order valence-electron chi connectivity index (χ1n) is 5.28. The zero-order valence-electron chi connectivity index (χ0n) is 9.41. The van der Waals surface area contributed by atoms with Crippen LogP contribution in [0.1, 0.15) is 10.4 Å². The molecule has 0 atom stereocenters. The quantitative estimate of drug-likeness (QED) is 0.734. The Morgan fingerprint density at radius 1 is 1.47 bits per heavy atom. The summed E-state index contributed by atoms with van der Waals surface area (Å²) >= 11 is 0. The lowest BCUT2D eigenvalue weighted by Gasteiger charge is -2.18. The Labute approximate surface area is 99.7 Å². The van der Waals surface area contributed by atoms with Gasteiger partial charge in [0.1, 0.15) is 0 Å². The lowest BCUT2D eigenvalue weighted by molar-refractivity contribution is 0.0697. The number of allylic oxidation sites excluding steroid dienone is 2. The number of β-amino-alcohol motifs (C(OH)–C–C–N with tert-alkyl or cyclic N) is 1. The van der Waals surface area contributed by atoms with Gasteiger partial charge in [0.05, 0.1) is 12.2 Å². The van der Waals surface area contributed by atoms with E-state index in [1.165, 1.54) is 12.3 Å². The molecule has 0 aliphatic carbocycles. The number of nitrogens with one attached hydrogen (secondary N) is 1. The molecule has 0 fully saturated rings. The summed E-state index contributed by atoms with van der Waals surface area (Å²) in [6, 6.07) is 1.50. The lowest BCUT2D eigenvalue weighted by atomic mass is 10.3. The predicted octanol–water partition coefficient (Wildman–Crippen LogP) is 1.08. The van der Waals surface area contributed by atoms with Gasteiger partial charge in [-0.3, -0.25) is 0 Å². The van der Waals surface area contributed by atoms with E-state index < -0.39 is 5.97 Å². The molecule has 3 N–H and O–H groups in total. The van der Waals surface area contributed by atoms with Crippen molar-refractivity contribution < 1.29 is 15.0 Å². The van der Waals surface area contributed by atoms with Crippen LogP contribution in [0.4, 0.5) is 0 Å². The van der Waals surface area contributed by atoms with Crippen molar-refractivity contribution >= 4 is 5.97 Å². The minimum Gasteiger partial charge on any atom is -0.478 e. The molecule has 92 valence electrons. The van der Waals surface area contributed by atoms with Crippen molar-refractivity contribution in [3.8, 4) is 0 Å². The van der Waals surface area contributed by atoms with E-state index in [0.29, 0.717) is 5.56 Å². The van der Waals surface area contributed by atoms with Crippen LogP contribution in [0.2, 0.25) is 0 Å². The van der Waals surface area contributed by atoms with Crippen LogP contribution in [0.3, 0.4) is 0 Å². The SMILES string of the molecule is O=C(O)c1cc[nH]c1.OCCN1C=CC=CC1. The van der Waals surface area contributed by atoms with E-state index in [1.807, 2.05) is 18.4 Å². The molecule has 1 aromatic heterocycles. The van der Waals surface area contributed by atoms with Gasteiger partial charge in [0.2, 0.25) is 0 Å². The molecule has 0 saturated heterocycles. The van der Waals surface area contributed by atoms with Crippen molar-refractivity contribution in [2.45, 2.75) is 0 Å². The van der Waals surface area contributed by atoms with Crippen molar-refractivity contribution in [2.75, 3.05) is 19.7 Å². The fraction of sp³-hybridized carbons (Fsp3) is 0.250. The van der Waals surface area contributed by atoms with Gasteiger partial charge in [0.25, 0.3) is 0 Å². The highest BCUT2D eigenvalue weighted by Crippen LogP contribution is 1.96. The number of carboxylic acids is 1. The van der Waals surface area contributed by atoms with Crippen LogP contribution >= 0.6 is 0 Å². The number of aromatic amines is 1. The van der Waals surface area contributed by atoms with Crippen LogP contribution in [-0.2, 0) is 0 Å². The van der Waals surface area contributed by atoms with Crippen LogP contribution in [0.25, 0.3) is 0 Å². The number of H-pyrrole nitrogens is 1. The van der Waals surface area contributed by atoms with Gasteiger partial charge in [-0.25, -0.2) is 4.79 Å². The highest BCUT2D eigenvalue weighted by atomic mass is 16.4. The van der Waals surface area contributed by atoms with Crippen molar-refractivity contribution in [2.24, 2.45) is 0 Å². The maximum absolute atomic E-state index is 10.0. The predicted molar refractivity (Wildman–Crippen MR) is 64.7 cm³/mol. The lowest BCUT2D eigenvalue weighted by Crippen LogP contribution is -2.22. The highest BCUT2D eigenvalue weighted by Gasteiger charge is 1.98. The summed E-state index contributed by atoms with van der Waals surface area (Å²) in [7, 11) is 0. The summed E-state index contributed by atoms with van der Waals surface area (Å²) in [5, 5.41) is 16.8. The topological polar surface area (TPSA) is 76.6 Å². The second-order valence-electron chi connectivity index (χ2n) is 3.39. The molecule has 0 amide bonds. The summed E-state index contributed by atoms with van der Waals surface area (Å²) in [5.74, 6) is -0.897. The third-order valence-corrected chi connectivity index (χ3v) is 2.12. The van der Waals surface area contributed by atoms with E-state index in [-0.39, 0.29) is 6.61 Å². The molecule has 2 rings (SSSR count). The van der Waals surface area contributed by atoms with E-state index >= 15 is 0 Å². The van der Waals surface area contributed by atoms with Crippen molar-refractivity contribution in [3.63, 3.8) is 0 Å². The molecule has 0 bridgehead atoms. The molecule has 0 spiro atoms. The number of aliphatic hydroxyl groups is 1. The van der Waals surface area contributed by atoms with Crippen molar-refractivity contribution in [3.05, 3.63) is 48.5 Å². The molecule has 1 aliphatic heterocycles. The first-order chi connectivity index (χ1) is 8.24. The molecular formula is C12H16N2O3. The zero-order valence-corrected chi connectivity index (χ0v) is 9.41. The van der Waals surface area contributed by atoms with Gasteiger partial charge in [-0.15, -0.1) is 0 Å². The molecule has 0 radical (unpaired) electrons. The van der Waals surface area contributed by atoms with Gasteiger partial charge in [-0.1, -0.05) is 12.2 Å². The molecule has 1 aliphatic rings. The Bertz CT molecular complexity index is 382. The molecule has 0 aromatic carbocycles. The monoisotopic (exact) mass is 236 g/mol. The third-order valence-electron chi connectivity index (χ3n) is 2.12. The standard InChI is InChI=1S/C7H11NO.C5H5NO2/c9-7-6-8-4-2-1-3-5-8;7-5(8)4-1-2-6-3-4/h1-4,9H,5-7H2;1-3,6H,(H,7,8). The second kappa shape index (κ2) is 7.29. The average molecular weight is 236 g/mol. The Balaban J connectivity index is 0.000000171. The molecule has 5 nitrogen and oxygen atoms in total. The second-order valence-corrected chi connectivity index (χ2v) is 3.39. The minimum atomic E-state index is -0.897. The molecule has 5 heteroatoms. The Morgan fingerprint density at radius 2 is 2.29 bits per heavy atom. The number of hydrogen-bond acceptors (Lipinski definition) is 3. The summed E-state index contributed by atoms with van der Waals surface area (Å²) in [6.45, 7) is 1.90. The van der Waals surface area contributed by atoms with E-state index in [1.54, 1.807) is 6.20 Å². The van der Waals surface area contributed by atoms with E-state index in [0.717, 1.165) is 13.1 Å². The number of nitrogens with zero attached hydrogens (tertiary/aromatic N) is 1. The van der Waals surface area contributed by atoms with Crippen LogP contribution in [-0.4, -0.2) is 45.8 Å². The Kier molecular flexibility index (Phi) is 5.60. The number of aromatic nitrogens is 1. The first kappa shape index (κ1) is 13.1. The molecule has 0 saturated carbocycles. The summed E-state index contributed by atoms with van der Waals surface area (Å²) < 4.78 is 0. The van der Waals surface area contributed by atoms with Gasteiger partial charge >= 0.3 is 5.97 Å². The fourth-order valence-electron chi connectivity index (χ4n) is 1.26. The van der Waals surface area contributed by atoms with Gasteiger partial charge in [0, 0.05) is 25.5 Å². The van der Waals surface area contributed by atoms with E-state index in [4.69, 9.17) is 10.2 Å². The van der Waals surface area contributed by atoms with Gasteiger partial charge in [0.15, 0.2) is 0 Å². The maximum atomic E-state index is 10.0. The van der Waals surface area contributed by atoms with Crippen molar-refractivity contribution in [1.29, 1.82) is 0 Å². The van der Waals surface area contributed by atoms with Gasteiger partial charge in [-0.05, 0) is 18.3 Å². The Hall–Kier alpha value is -2.01. The molecule has 2 heterocycles. The highest BCUT2D eigenvalue weighted by molar-refractivity contribution is 5.87. The number of rotatable bonds is 3. The smallest absolute Gasteiger partial charge is 0.337 e. The number of aliphatic hydroxyl groups excluding tert-OH is 1. The number of aromatic carboxylic acids is 1. The summed E-state index contributed by atoms with van der Waals surface area (Å²) in [5.41, 5.74) is 0.296. The van der Waals surface area contributed by atoms with Gasteiger partial charge in [-0.2, -0.15) is 0 Å². The normalized spacial score (nSPS) is 13.1.